The van der Waals surface area contributed by atoms with E-state index in [1.165, 1.54) is 26.4 Å². The Hall–Kier alpha value is -1.08. The van der Waals surface area contributed by atoms with E-state index in [1.807, 2.05) is 0 Å². The van der Waals surface area contributed by atoms with Crippen LogP contribution in [0.2, 0.25) is 0 Å². The van der Waals surface area contributed by atoms with Crippen molar-refractivity contribution in [1.29, 1.82) is 0 Å². The lowest BCUT2D eigenvalue weighted by Gasteiger charge is -2.06. The van der Waals surface area contributed by atoms with Crippen LogP contribution in [0.25, 0.3) is 16.8 Å². The lowest BCUT2D eigenvalue weighted by atomic mass is 10.0. The molecule has 1 aliphatic rings. The van der Waals surface area contributed by atoms with E-state index in [4.69, 9.17) is 0 Å². The topological polar surface area (TPSA) is 0 Å². The summed E-state index contributed by atoms with van der Waals surface area (Å²) in [7, 11) is 0. The van der Waals surface area contributed by atoms with Gasteiger partial charge in [-0.2, -0.15) is 0 Å². The molecule has 0 saturated heterocycles. The standard InChI is InChI=1S/C13H9Br/c14-13-8-9-4-3-7-10(9)11-5-1-2-6-12(11)13/h1-3,5-8H,4H2. The highest BCUT2D eigenvalue weighted by molar-refractivity contribution is 9.10. The van der Waals surface area contributed by atoms with E-state index in [0.717, 1.165) is 6.42 Å². The minimum Gasteiger partial charge on any atom is -0.0795 e. The molecule has 68 valence electrons. The van der Waals surface area contributed by atoms with Crippen LogP contribution in [0.4, 0.5) is 0 Å². The van der Waals surface area contributed by atoms with Gasteiger partial charge in [-0.3, -0.25) is 0 Å². The summed E-state index contributed by atoms with van der Waals surface area (Å²) in [5, 5.41) is 2.66. The predicted molar refractivity (Wildman–Crippen MR) is 64.4 cm³/mol. The van der Waals surface area contributed by atoms with E-state index in [2.05, 4.69) is 58.4 Å². The van der Waals surface area contributed by atoms with Gasteiger partial charge in [-0.25, -0.2) is 0 Å². The molecule has 2 aromatic carbocycles. The van der Waals surface area contributed by atoms with Gasteiger partial charge in [0, 0.05) is 4.47 Å². The Morgan fingerprint density at radius 2 is 1.86 bits per heavy atom. The fourth-order valence-electron chi connectivity index (χ4n) is 2.08. The zero-order chi connectivity index (χ0) is 9.54. The smallest absolute Gasteiger partial charge is 0.0257 e. The first-order chi connectivity index (χ1) is 6.86. The number of halogens is 1. The molecule has 2 aromatic rings. The Bertz CT molecular complexity index is 538. The molecule has 0 N–H and O–H groups in total. The summed E-state index contributed by atoms with van der Waals surface area (Å²) in [4.78, 5) is 0. The molecule has 0 unspecified atom stereocenters. The van der Waals surface area contributed by atoms with Crippen molar-refractivity contribution >= 4 is 32.8 Å². The highest BCUT2D eigenvalue weighted by atomic mass is 79.9. The second-order valence-electron chi connectivity index (χ2n) is 3.58. The summed E-state index contributed by atoms with van der Waals surface area (Å²) < 4.78 is 1.20. The highest BCUT2D eigenvalue weighted by Crippen LogP contribution is 2.33. The fraction of sp³-hybridized carbons (Fsp3) is 0.0769. The summed E-state index contributed by atoms with van der Waals surface area (Å²) in [6.07, 6.45) is 5.52. The minimum absolute atomic E-state index is 1.07. The molecule has 0 aromatic heterocycles. The average Bonchev–Trinajstić information content (AvgIpc) is 2.66. The summed E-state index contributed by atoms with van der Waals surface area (Å²) in [6, 6.07) is 10.8. The van der Waals surface area contributed by atoms with Crippen molar-refractivity contribution in [2.45, 2.75) is 6.42 Å². The second-order valence-corrected chi connectivity index (χ2v) is 4.44. The predicted octanol–water partition coefficient (Wildman–Crippen LogP) is 4.17. The van der Waals surface area contributed by atoms with Crippen LogP contribution < -0.4 is 0 Å². The van der Waals surface area contributed by atoms with Gasteiger partial charge >= 0.3 is 0 Å². The number of fused-ring (bicyclic) bond motifs is 3. The molecule has 0 amide bonds. The number of hydrogen-bond acceptors (Lipinski definition) is 0. The first-order valence-electron chi connectivity index (χ1n) is 4.73. The minimum atomic E-state index is 1.07. The van der Waals surface area contributed by atoms with Crippen LogP contribution in [-0.4, -0.2) is 0 Å². The summed E-state index contributed by atoms with van der Waals surface area (Å²) in [5.74, 6) is 0. The van der Waals surface area contributed by atoms with Crippen molar-refractivity contribution in [3.05, 3.63) is 52.0 Å². The summed E-state index contributed by atoms with van der Waals surface area (Å²) in [5.41, 5.74) is 2.82. The molecule has 0 atom stereocenters. The molecule has 0 fully saturated rings. The van der Waals surface area contributed by atoms with E-state index in [9.17, 15) is 0 Å². The van der Waals surface area contributed by atoms with Crippen molar-refractivity contribution < 1.29 is 0 Å². The number of rotatable bonds is 0. The van der Waals surface area contributed by atoms with Crippen molar-refractivity contribution in [1.82, 2.24) is 0 Å². The van der Waals surface area contributed by atoms with Gasteiger partial charge < -0.3 is 0 Å². The van der Waals surface area contributed by atoms with E-state index in [-0.39, 0.29) is 0 Å². The lowest BCUT2D eigenvalue weighted by molar-refractivity contribution is 1.32. The van der Waals surface area contributed by atoms with Gasteiger partial charge in [-0.1, -0.05) is 52.3 Å². The van der Waals surface area contributed by atoms with Gasteiger partial charge in [-0.15, -0.1) is 0 Å². The Kier molecular flexibility index (Phi) is 1.74. The summed E-state index contributed by atoms with van der Waals surface area (Å²) >= 11 is 3.62. The number of hydrogen-bond donors (Lipinski definition) is 0. The lowest BCUT2D eigenvalue weighted by Crippen LogP contribution is -1.85. The van der Waals surface area contributed by atoms with Crippen molar-refractivity contribution in [3.63, 3.8) is 0 Å². The van der Waals surface area contributed by atoms with Gasteiger partial charge in [0.05, 0.1) is 0 Å². The molecule has 0 spiro atoms. The van der Waals surface area contributed by atoms with Crippen LogP contribution in [0.3, 0.4) is 0 Å². The maximum absolute atomic E-state index is 3.62. The molecule has 0 bridgehead atoms. The van der Waals surface area contributed by atoms with Crippen LogP contribution in [0.15, 0.2) is 40.9 Å². The second kappa shape index (κ2) is 2.96. The van der Waals surface area contributed by atoms with Crippen LogP contribution in [-0.2, 0) is 6.42 Å². The number of allylic oxidation sites excluding steroid dienone is 1. The van der Waals surface area contributed by atoms with Crippen molar-refractivity contribution in [2.24, 2.45) is 0 Å². The zero-order valence-corrected chi connectivity index (χ0v) is 9.21. The van der Waals surface area contributed by atoms with E-state index >= 15 is 0 Å². The normalized spacial score (nSPS) is 13.5. The SMILES string of the molecule is Brc1cc2c(c3ccccc13)C=CC2. The Balaban J connectivity index is 2.52. The van der Waals surface area contributed by atoms with E-state index < -0.39 is 0 Å². The third-order valence-corrected chi connectivity index (χ3v) is 3.40. The quantitative estimate of drug-likeness (QED) is 0.653. The fourth-order valence-corrected chi connectivity index (χ4v) is 2.70. The first-order valence-corrected chi connectivity index (χ1v) is 5.52. The molecule has 1 heteroatoms. The van der Waals surface area contributed by atoms with Gasteiger partial charge in [0.1, 0.15) is 0 Å². The Morgan fingerprint density at radius 1 is 1.07 bits per heavy atom. The zero-order valence-electron chi connectivity index (χ0n) is 7.63. The molecule has 3 rings (SSSR count). The molecule has 0 nitrogen and oxygen atoms in total. The molecule has 1 aliphatic carbocycles. The maximum atomic E-state index is 3.62. The Morgan fingerprint density at radius 3 is 2.71 bits per heavy atom. The molecule has 14 heavy (non-hydrogen) atoms. The molecular weight excluding hydrogens is 236 g/mol. The molecule has 0 radical (unpaired) electrons. The van der Waals surface area contributed by atoms with Crippen molar-refractivity contribution in [2.75, 3.05) is 0 Å². The van der Waals surface area contributed by atoms with Gasteiger partial charge in [-0.05, 0) is 34.4 Å². The molecule has 0 saturated carbocycles. The van der Waals surface area contributed by atoms with Gasteiger partial charge in [0.2, 0.25) is 0 Å². The van der Waals surface area contributed by atoms with E-state index in [0.29, 0.717) is 0 Å². The van der Waals surface area contributed by atoms with Crippen molar-refractivity contribution in [3.8, 4) is 0 Å². The maximum Gasteiger partial charge on any atom is 0.0257 e. The molecule has 0 heterocycles. The average molecular weight is 245 g/mol. The van der Waals surface area contributed by atoms with Crippen LogP contribution >= 0.6 is 15.9 Å². The highest BCUT2D eigenvalue weighted by Gasteiger charge is 2.10. The van der Waals surface area contributed by atoms with Crippen LogP contribution in [0, 0.1) is 0 Å². The van der Waals surface area contributed by atoms with Gasteiger partial charge in [0.15, 0.2) is 0 Å². The summed E-state index contributed by atoms with van der Waals surface area (Å²) in [6.45, 7) is 0. The number of benzene rings is 2. The van der Waals surface area contributed by atoms with Crippen LogP contribution in [0.1, 0.15) is 11.1 Å². The Labute approximate surface area is 91.4 Å². The monoisotopic (exact) mass is 244 g/mol. The van der Waals surface area contributed by atoms with Crippen LogP contribution in [0.5, 0.6) is 0 Å². The third-order valence-electron chi connectivity index (χ3n) is 2.74. The first kappa shape index (κ1) is 8.25. The largest absolute Gasteiger partial charge is 0.0795 e. The van der Waals surface area contributed by atoms with Gasteiger partial charge in [0.25, 0.3) is 0 Å². The van der Waals surface area contributed by atoms with E-state index in [1.54, 1.807) is 0 Å². The molecule has 0 aliphatic heterocycles. The third kappa shape index (κ3) is 1.05. The molecular formula is C13H9Br.